The van der Waals surface area contributed by atoms with Gasteiger partial charge in [0.2, 0.25) is 5.91 Å². The van der Waals surface area contributed by atoms with E-state index in [1.54, 1.807) is 5.38 Å². The molecule has 2 aromatic carbocycles. The summed E-state index contributed by atoms with van der Waals surface area (Å²) in [6.45, 7) is 0. The molecular weight excluding hydrogens is 270 g/mol. The van der Waals surface area contributed by atoms with Gasteiger partial charge in [-0.1, -0.05) is 30.3 Å². The molecule has 0 atom stereocenters. The fourth-order valence-corrected chi connectivity index (χ4v) is 2.60. The van der Waals surface area contributed by atoms with Crippen molar-refractivity contribution in [3.63, 3.8) is 0 Å². The molecule has 0 saturated heterocycles. The minimum absolute atomic E-state index is 0.0921. The van der Waals surface area contributed by atoms with Gasteiger partial charge in [-0.2, -0.15) is 0 Å². The number of aromatic nitrogens is 1. The average Bonchev–Trinajstić information content (AvgIpc) is 2.83. The van der Waals surface area contributed by atoms with Crippen LogP contribution in [-0.4, -0.2) is 10.9 Å². The third-order valence-corrected chi connectivity index (χ3v) is 3.67. The van der Waals surface area contributed by atoms with E-state index >= 15 is 0 Å². The first-order chi connectivity index (χ1) is 9.70. The molecule has 3 rings (SSSR count). The first-order valence-corrected chi connectivity index (χ1v) is 7.07. The molecule has 3 N–H and O–H groups in total. The molecule has 100 valence electrons. The third-order valence-electron chi connectivity index (χ3n) is 2.94. The lowest BCUT2D eigenvalue weighted by molar-refractivity contribution is -0.115. The van der Waals surface area contributed by atoms with E-state index in [2.05, 4.69) is 10.3 Å². The zero-order valence-corrected chi connectivity index (χ0v) is 11.5. The van der Waals surface area contributed by atoms with Gasteiger partial charge >= 0.3 is 0 Å². The third kappa shape index (κ3) is 2.78. The van der Waals surface area contributed by atoms with Crippen LogP contribution in [-0.2, 0) is 11.2 Å². The number of carbonyl (C=O) groups excluding carboxylic acids is 1. The highest BCUT2D eigenvalue weighted by Gasteiger charge is 2.07. The average molecular weight is 283 g/mol. The Labute approximate surface area is 120 Å². The second-order valence-corrected chi connectivity index (χ2v) is 5.35. The predicted octanol–water partition coefficient (Wildman–Crippen LogP) is 3.06. The van der Waals surface area contributed by atoms with Crippen molar-refractivity contribution < 1.29 is 4.79 Å². The number of thiazole rings is 1. The number of fused-ring (bicyclic) bond motifs is 1. The molecule has 5 heteroatoms. The van der Waals surface area contributed by atoms with Crippen molar-refractivity contribution in [2.75, 3.05) is 11.1 Å². The van der Waals surface area contributed by atoms with E-state index in [4.69, 9.17) is 5.73 Å². The van der Waals surface area contributed by atoms with Gasteiger partial charge in [-0.25, -0.2) is 4.98 Å². The Morgan fingerprint density at radius 1 is 1.20 bits per heavy atom. The summed E-state index contributed by atoms with van der Waals surface area (Å²) in [5.41, 5.74) is 7.03. The van der Waals surface area contributed by atoms with Gasteiger partial charge in [0.05, 0.1) is 12.1 Å². The number of nitrogen functional groups attached to an aromatic ring is 1. The smallest absolute Gasteiger partial charge is 0.230 e. The van der Waals surface area contributed by atoms with E-state index in [-0.39, 0.29) is 12.3 Å². The van der Waals surface area contributed by atoms with E-state index in [0.717, 1.165) is 16.5 Å². The second-order valence-electron chi connectivity index (χ2n) is 4.46. The summed E-state index contributed by atoms with van der Waals surface area (Å²) in [6, 6.07) is 13.9. The maximum absolute atomic E-state index is 11.9. The fourth-order valence-electron chi connectivity index (χ4n) is 2.04. The molecule has 20 heavy (non-hydrogen) atoms. The SMILES string of the molecule is Nc1nc(CC(=O)Nc2ccc3ccccc3c2)cs1. The van der Waals surface area contributed by atoms with Crippen LogP contribution in [0.3, 0.4) is 0 Å². The Hall–Kier alpha value is -2.40. The molecule has 0 aliphatic carbocycles. The lowest BCUT2D eigenvalue weighted by atomic mass is 10.1. The Bertz CT molecular complexity index is 766. The van der Waals surface area contributed by atoms with Crippen LogP contribution in [0.25, 0.3) is 10.8 Å². The van der Waals surface area contributed by atoms with E-state index in [0.29, 0.717) is 10.8 Å². The lowest BCUT2D eigenvalue weighted by Gasteiger charge is -2.05. The molecule has 4 nitrogen and oxygen atoms in total. The molecule has 3 aromatic rings. The topological polar surface area (TPSA) is 68.0 Å². The van der Waals surface area contributed by atoms with Crippen molar-refractivity contribution in [2.45, 2.75) is 6.42 Å². The van der Waals surface area contributed by atoms with Gasteiger partial charge < -0.3 is 11.1 Å². The van der Waals surface area contributed by atoms with Crippen LogP contribution in [0.4, 0.5) is 10.8 Å². The number of nitrogens with zero attached hydrogens (tertiary/aromatic N) is 1. The van der Waals surface area contributed by atoms with Crippen LogP contribution in [0.1, 0.15) is 5.69 Å². The molecule has 1 aromatic heterocycles. The first-order valence-electron chi connectivity index (χ1n) is 6.19. The molecule has 0 bridgehead atoms. The number of amides is 1. The van der Waals surface area contributed by atoms with Crippen molar-refractivity contribution >= 4 is 38.8 Å². The zero-order valence-electron chi connectivity index (χ0n) is 10.7. The maximum Gasteiger partial charge on any atom is 0.230 e. The molecule has 0 radical (unpaired) electrons. The normalized spacial score (nSPS) is 10.6. The van der Waals surface area contributed by atoms with Crippen molar-refractivity contribution in [1.29, 1.82) is 0 Å². The minimum Gasteiger partial charge on any atom is -0.375 e. The van der Waals surface area contributed by atoms with Crippen molar-refractivity contribution in [2.24, 2.45) is 0 Å². The number of nitrogens with two attached hydrogens (primary N) is 1. The van der Waals surface area contributed by atoms with Gasteiger partial charge in [-0.05, 0) is 22.9 Å². The standard InChI is InChI=1S/C15H13N3OS/c16-15-18-13(9-20-15)8-14(19)17-12-6-5-10-3-1-2-4-11(10)7-12/h1-7,9H,8H2,(H2,16,18)(H,17,19). The Balaban J connectivity index is 1.73. The van der Waals surface area contributed by atoms with Crippen LogP contribution < -0.4 is 11.1 Å². The number of nitrogens with one attached hydrogen (secondary N) is 1. The molecule has 1 amide bonds. The zero-order chi connectivity index (χ0) is 13.9. The molecule has 0 fully saturated rings. The van der Waals surface area contributed by atoms with Gasteiger partial charge in [-0.15, -0.1) is 11.3 Å². The predicted molar refractivity (Wildman–Crippen MR) is 82.8 cm³/mol. The van der Waals surface area contributed by atoms with E-state index < -0.39 is 0 Å². The molecule has 0 saturated carbocycles. The van der Waals surface area contributed by atoms with E-state index in [1.165, 1.54) is 11.3 Å². The van der Waals surface area contributed by atoms with Crippen molar-refractivity contribution in [3.8, 4) is 0 Å². The highest BCUT2D eigenvalue weighted by Crippen LogP contribution is 2.19. The summed E-state index contributed by atoms with van der Waals surface area (Å²) in [4.78, 5) is 16.0. The summed E-state index contributed by atoms with van der Waals surface area (Å²) in [6.07, 6.45) is 0.237. The van der Waals surface area contributed by atoms with Crippen LogP contribution >= 0.6 is 11.3 Å². The number of anilines is 2. The number of carbonyl (C=O) groups is 1. The first kappa shape index (κ1) is 12.6. The van der Waals surface area contributed by atoms with Gasteiger partial charge in [0.1, 0.15) is 0 Å². The molecule has 0 unspecified atom stereocenters. The van der Waals surface area contributed by atoms with Crippen molar-refractivity contribution in [3.05, 3.63) is 53.5 Å². The largest absolute Gasteiger partial charge is 0.375 e. The molecule has 0 aliphatic rings. The summed E-state index contributed by atoms with van der Waals surface area (Å²) in [7, 11) is 0. The van der Waals surface area contributed by atoms with Gasteiger partial charge in [-0.3, -0.25) is 4.79 Å². The summed E-state index contributed by atoms with van der Waals surface area (Å²) >= 11 is 1.34. The van der Waals surface area contributed by atoms with Crippen LogP contribution in [0.15, 0.2) is 47.8 Å². The second kappa shape index (κ2) is 5.30. The molecule has 0 spiro atoms. The highest BCUT2D eigenvalue weighted by molar-refractivity contribution is 7.13. The number of rotatable bonds is 3. The Morgan fingerprint density at radius 3 is 2.75 bits per heavy atom. The monoisotopic (exact) mass is 283 g/mol. The Kier molecular flexibility index (Phi) is 3.35. The van der Waals surface area contributed by atoms with Crippen LogP contribution in [0.5, 0.6) is 0 Å². The van der Waals surface area contributed by atoms with E-state index in [9.17, 15) is 4.79 Å². The Morgan fingerprint density at radius 2 is 2.00 bits per heavy atom. The fraction of sp³-hybridized carbons (Fsp3) is 0.0667. The summed E-state index contributed by atoms with van der Waals surface area (Å²) < 4.78 is 0. The highest BCUT2D eigenvalue weighted by atomic mass is 32.1. The number of hydrogen-bond acceptors (Lipinski definition) is 4. The van der Waals surface area contributed by atoms with E-state index in [1.807, 2.05) is 42.5 Å². The van der Waals surface area contributed by atoms with Gasteiger partial charge in [0, 0.05) is 11.1 Å². The molecule has 1 heterocycles. The molecule has 0 aliphatic heterocycles. The minimum atomic E-state index is -0.0921. The number of benzene rings is 2. The summed E-state index contributed by atoms with van der Waals surface area (Å²) in [5, 5.41) is 7.41. The van der Waals surface area contributed by atoms with Crippen LogP contribution in [0, 0.1) is 0 Å². The number of hydrogen-bond donors (Lipinski definition) is 2. The maximum atomic E-state index is 11.9. The lowest BCUT2D eigenvalue weighted by Crippen LogP contribution is -2.14. The van der Waals surface area contributed by atoms with Gasteiger partial charge in [0.25, 0.3) is 0 Å². The van der Waals surface area contributed by atoms with Crippen LogP contribution in [0.2, 0.25) is 0 Å². The van der Waals surface area contributed by atoms with Crippen molar-refractivity contribution in [1.82, 2.24) is 4.98 Å². The van der Waals surface area contributed by atoms with Gasteiger partial charge in [0.15, 0.2) is 5.13 Å². The molecular formula is C15H13N3OS. The summed E-state index contributed by atoms with van der Waals surface area (Å²) in [5.74, 6) is -0.0921. The quantitative estimate of drug-likeness (QED) is 0.776.